The van der Waals surface area contributed by atoms with Crippen LogP contribution in [0.25, 0.3) is 11.3 Å². The maximum Gasteiger partial charge on any atom is 0.391 e. The lowest BCUT2D eigenvalue weighted by atomic mass is 9.82. The molecule has 1 aromatic carbocycles. The van der Waals surface area contributed by atoms with Gasteiger partial charge in [-0.2, -0.15) is 27.1 Å². The van der Waals surface area contributed by atoms with Crippen LogP contribution in [0.4, 0.5) is 22.0 Å². The molecule has 4 atom stereocenters. The van der Waals surface area contributed by atoms with Gasteiger partial charge in [-0.25, -0.2) is 8.42 Å². The number of carbonyl (C=O) groups is 1. The number of ether oxygens (including phenoxy) is 1. The number of amides is 1. The van der Waals surface area contributed by atoms with Gasteiger partial charge < -0.3 is 20.3 Å². The minimum absolute atomic E-state index is 0.0759. The SMILES string of the molecule is CCn1nc(C(=O)NCC2(O)CCC(S(C)(=O)=O)CC2O)c(C)c1-c1ccc(CC(C)C(F)(F)F)cc1OC(F)F. The van der Waals surface area contributed by atoms with Gasteiger partial charge in [0, 0.05) is 30.5 Å². The first-order chi connectivity index (χ1) is 18.9. The van der Waals surface area contributed by atoms with Crippen molar-refractivity contribution in [2.24, 2.45) is 5.92 Å². The summed E-state index contributed by atoms with van der Waals surface area (Å²) >= 11 is 0. The van der Waals surface area contributed by atoms with Crippen molar-refractivity contribution in [3.8, 4) is 17.0 Å². The predicted octanol–water partition coefficient (Wildman–Crippen LogP) is 3.64. The highest BCUT2D eigenvalue weighted by atomic mass is 32.2. The van der Waals surface area contributed by atoms with E-state index in [1.54, 1.807) is 6.92 Å². The summed E-state index contributed by atoms with van der Waals surface area (Å²) in [6.45, 7) is 0.702. The lowest BCUT2D eigenvalue weighted by molar-refractivity contribution is -0.169. The number of rotatable bonds is 10. The molecule has 1 aliphatic carbocycles. The fraction of sp³-hybridized carbons (Fsp3) is 0.615. The Morgan fingerprint density at radius 2 is 1.98 bits per heavy atom. The zero-order valence-corrected chi connectivity index (χ0v) is 23.8. The Kier molecular flexibility index (Phi) is 9.75. The van der Waals surface area contributed by atoms with E-state index in [-0.39, 0.29) is 59.6 Å². The van der Waals surface area contributed by atoms with Gasteiger partial charge in [0.25, 0.3) is 5.91 Å². The monoisotopic (exact) mass is 611 g/mol. The number of aliphatic hydroxyl groups is 2. The number of aromatic nitrogens is 2. The molecule has 3 rings (SSSR count). The van der Waals surface area contributed by atoms with Crippen molar-refractivity contribution in [2.75, 3.05) is 12.8 Å². The van der Waals surface area contributed by atoms with Gasteiger partial charge in [0.15, 0.2) is 5.69 Å². The van der Waals surface area contributed by atoms with E-state index < -0.39 is 64.4 Å². The van der Waals surface area contributed by atoms with Crippen molar-refractivity contribution in [3.63, 3.8) is 0 Å². The van der Waals surface area contributed by atoms with Crippen LogP contribution in [0.1, 0.15) is 54.7 Å². The summed E-state index contributed by atoms with van der Waals surface area (Å²) < 4.78 is 95.4. The third-order valence-corrected chi connectivity index (χ3v) is 9.13. The first-order valence-electron chi connectivity index (χ1n) is 13.0. The van der Waals surface area contributed by atoms with E-state index in [0.717, 1.165) is 19.2 Å². The van der Waals surface area contributed by atoms with Gasteiger partial charge >= 0.3 is 12.8 Å². The molecule has 230 valence electrons. The number of hydrogen-bond acceptors (Lipinski definition) is 7. The number of hydrogen-bond donors (Lipinski definition) is 3. The molecular weight excluding hydrogens is 577 g/mol. The maximum atomic E-state index is 13.3. The summed E-state index contributed by atoms with van der Waals surface area (Å²) in [6.07, 6.45) is -5.46. The third-order valence-electron chi connectivity index (χ3n) is 7.49. The third kappa shape index (κ3) is 7.55. The van der Waals surface area contributed by atoms with E-state index in [1.165, 1.54) is 23.7 Å². The molecule has 0 saturated heterocycles. The fourth-order valence-corrected chi connectivity index (χ4v) is 6.04. The molecule has 4 unspecified atom stereocenters. The van der Waals surface area contributed by atoms with E-state index >= 15 is 0 Å². The van der Waals surface area contributed by atoms with Crippen LogP contribution in [0.5, 0.6) is 5.75 Å². The maximum absolute atomic E-state index is 13.3. The van der Waals surface area contributed by atoms with Crippen molar-refractivity contribution >= 4 is 15.7 Å². The largest absolute Gasteiger partial charge is 0.434 e. The Morgan fingerprint density at radius 3 is 2.51 bits per heavy atom. The average Bonchev–Trinajstić information content (AvgIpc) is 3.19. The van der Waals surface area contributed by atoms with Crippen molar-refractivity contribution in [2.45, 2.75) is 82.7 Å². The number of halogens is 5. The van der Waals surface area contributed by atoms with Crippen LogP contribution >= 0.6 is 0 Å². The van der Waals surface area contributed by atoms with E-state index in [4.69, 9.17) is 0 Å². The highest BCUT2D eigenvalue weighted by Gasteiger charge is 2.44. The summed E-state index contributed by atoms with van der Waals surface area (Å²) in [6, 6.07) is 3.82. The zero-order chi connectivity index (χ0) is 30.9. The van der Waals surface area contributed by atoms with Crippen LogP contribution in [-0.2, 0) is 22.8 Å². The van der Waals surface area contributed by atoms with Crippen molar-refractivity contribution in [3.05, 3.63) is 35.0 Å². The molecule has 1 aliphatic rings. The second kappa shape index (κ2) is 12.2. The quantitative estimate of drug-likeness (QED) is 0.350. The van der Waals surface area contributed by atoms with Gasteiger partial charge in [-0.05, 0) is 57.2 Å². The normalized spacial score (nSPS) is 22.5. The molecule has 9 nitrogen and oxygen atoms in total. The molecule has 41 heavy (non-hydrogen) atoms. The molecule has 3 N–H and O–H groups in total. The average molecular weight is 612 g/mol. The lowest BCUT2D eigenvalue weighted by Gasteiger charge is -2.39. The minimum atomic E-state index is -4.47. The van der Waals surface area contributed by atoms with E-state index in [9.17, 15) is 45.4 Å². The molecule has 0 bridgehead atoms. The Labute approximate surface area is 234 Å². The van der Waals surface area contributed by atoms with Crippen LogP contribution in [-0.4, -0.2) is 76.9 Å². The highest BCUT2D eigenvalue weighted by molar-refractivity contribution is 7.91. The van der Waals surface area contributed by atoms with Crippen LogP contribution < -0.4 is 10.1 Å². The number of aliphatic hydroxyl groups excluding tert-OH is 1. The molecule has 1 fully saturated rings. The van der Waals surface area contributed by atoms with E-state index in [2.05, 4.69) is 15.2 Å². The molecule has 0 spiro atoms. The van der Waals surface area contributed by atoms with E-state index in [0.29, 0.717) is 0 Å². The summed E-state index contributed by atoms with van der Waals surface area (Å²) in [5, 5.41) is 27.3. The van der Waals surface area contributed by atoms with Crippen LogP contribution in [0, 0.1) is 12.8 Å². The van der Waals surface area contributed by atoms with Crippen molar-refractivity contribution in [1.82, 2.24) is 15.1 Å². The van der Waals surface area contributed by atoms with Gasteiger partial charge in [0.05, 0.1) is 23.0 Å². The van der Waals surface area contributed by atoms with Crippen molar-refractivity contribution < 1.29 is 50.1 Å². The number of aryl methyl sites for hydroxylation is 1. The molecule has 15 heteroatoms. The first kappa shape index (κ1) is 32.7. The molecule has 1 saturated carbocycles. The zero-order valence-electron chi connectivity index (χ0n) is 23.0. The molecule has 0 aliphatic heterocycles. The Balaban J connectivity index is 1.89. The number of nitrogens with zero attached hydrogens (tertiary/aromatic N) is 2. The van der Waals surface area contributed by atoms with Gasteiger partial charge in [-0.3, -0.25) is 9.48 Å². The topological polar surface area (TPSA) is 131 Å². The Hall–Kier alpha value is -2.78. The second-order valence-electron chi connectivity index (χ2n) is 10.5. The standard InChI is InChI=1S/C26H34F5N3O6S/c1-5-34-22(18-7-6-16(10-14(2)26(29,30)31)11-19(18)40-24(27)28)15(3)21(33-34)23(36)32-13-25(37)9-8-17(12-20(25)35)41(4,38)39/h6-7,11,14,17,20,24,35,37H,5,8-10,12-13H2,1-4H3,(H,32,36). The van der Waals surface area contributed by atoms with Gasteiger partial charge in [-0.15, -0.1) is 0 Å². The smallest absolute Gasteiger partial charge is 0.391 e. The lowest BCUT2D eigenvalue weighted by Crippen LogP contribution is -2.56. The summed E-state index contributed by atoms with van der Waals surface area (Å²) in [7, 11) is -3.43. The van der Waals surface area contributed by atoms with Gasteiger partial charge in [0.2, 0.25) is 0 Å². The van der Waals surface area contributed by atoms with Crippen molar-refractivity contribution in [1.29, 1.82) is 0 Å². The molecule has 1 amide bonds. The summed E-state index contributed by atoms with van der Waals surface area (Å²) in [5.74, 6) is -2.84. The van der Waals surface area contributed by atoms with Gasteiger partial charge in [-0.1, -0.05) is 13.0 Å². The minimum Gasteiger partial charge on any atom is -0.434 e. The fourth-order valence-electron chi connectivity index (χ4n) is 4.97. The van der Waals surface area contributed by atoms with Crippen LogP contribution in [0.2, 0.25) is 0 Å². The number of sulfone groups is 1. The first-order valence-corrected chi connectivity index (χ1v) is 14.9. The molecule has 2 aromatic rings. The molecule has 1 aromatic heterocycles. The second-order valence-corrected chi connectivity index (χ2v) is 12.8. The summed E-state index contributed by atoms with van der Waals surface area (Å²) in [4.78, 5) is 13.1. The molecular formula is C26H34F5N3O6S. The number of carbonyl (C=O) groups excluding carboxylic acids is 1. The van der Waals surface area contributed by atoms with Crippen LogP contribution in [0.3, 0.4) is 0 Å². The predicted molar refractivity (Wildman–Crippen MR) is 139 cm³/mol. The Bertz CT molecular complexity index is 1360. The van der Waals surface area contributed by atoms with E-state index in [1.807, 2.05) is 0 Å². The van der Waals surface area contributed by atoms with Gasteiger partial charge in [0.1, 0.15) is 21.2 Å². The highest BCUT2D eigenvalue weighted by Crippen LogP contribution is 2.37. The molecule has 0 radical (unpaired) electrons. The summed E-state index contributed by atoms with van der Waals surface area (Å²) in [5.41, 5.74) is -1.17. The number of benzene rings is 1. The molecule has 1 heterocycles. The Morgan fingerprint density at radius 1 is 1.32 bits per heavy atom. The number of nitrogens with one attached hydrogen (secondary N) is 1. The number of alkyl halides is 5. The van der Waals surface area contributed by atoms with Crippen LogP contribution in [0.15, 0.2) is 18.2 Å².